The number of ether oxygens (including phenoxy) is 1. The Morgan fingerprint density at radius 1 is 0.897 bits per heavy atom. The Labute approximate surface area is 173 Å². The van der Waals surface area contributed by atoms with E-state index in [2.05, 4.69) is 12.1 Å². The molecule has 0 aliphatic carbocycles. The maximum Gasteiger partial charge on any atom is 0.195 e. The lowest BCUT2D eigenvalue weighted by Crippen LogP contribution is -1.92. The van der Waals surface area contributed by atoms with Gasteiger partial charge in [0.05, 0.1) is 4.88 Å². The summed E-state index contributed by atoms with van der Waals surface area (Å²) >= 11 is 1.53. The number of hydrogen-bond acceptors (Lipinski definition) is 4. The highest BCUT2D eigenvalue weighted by molar-refractivity contribution is 7.14. The molecule has 0 saturated carbocycles. The molecule has 4 heteroatoms. The maximum atomic E-state index is 12.5. The fourth-order valence-electron chi connectivity index (χ4n) is 2.88. The zero-order valence-corrected chi connectivity index (χ0v) is 16.6. The zero-order chi connectivity index (χ0) is 19.9. The standard InChI is InChI=1S/C25H20O3S/c26-24(25-16-14-23(29-25)17-19-7-3-1-4-8-19)15-13-21-11-12-22(28-21)18-27-20-9-5-2-6-10-20/h1-16H,17-18H2/b15-13+. The normalized spacial score (nSPS) is 11.0. The minimum atomic E-state index is -0.0206. The van der Waals surface area contributed by atoms with Crippen molar-refractivity contribution < 1.29 is 13.9 Å². The summed E-state index contributed by atoms with van der Waals surface area (Å²) in [6.45, 7) is 0.347. The summed E-state index contributed by atoms with van der Waals surface area (Å²) in [5.41, 5.74) is 1.24. The molecule has 0 N–H and O–H groups in total. The number of carbonyl (C=O) groups excluding carboxylic acids is 1. The molecular weight excluding hydrogens is 380 g/mol. The second-order valence-electron chi connectivity index (χ2n) is 6.53. The van der Waals surface area contributed by atoms with Crippen LogP contribution >= 0.6 is 11.3 Å². The van der Waals surface area contributed by atoms with Gasteiger partial charge in [-0.15, -0.1) is 11.3 Å². The third-order valence-electron chi connectivity index (χ3n) is 4.33. The Morgan fingerprint density at radius 3 is 2.45 bits per heavy atom. The van der Waals surface area contributed by atoms with Crippen molar-refractivity contribution in [2.75, 3.05) is 0 Å². The highest BCUT2D eigenvalue weighted by Crippen LogP contribution is 2.21. The molecule has 0 amide bonds. The van der Waals surface area contributed by atoms with Crippen LogP contribution in [-0.4, -0.2) is 5.78 Å². The molecule has 0 unspecified atom stereocenters. The first-order valence-corrected chi connectivity index (χ1v) is 10.2. The number of hydrogen-bond donors (Lipinski definition) is 0. The van der Waals surface area contributed by atoms with E-state index in [4.69, 9.17) is 9.15 Å². The zero-order valence-electron chi connectivity index (χ0n) is 15.8. The van der Waals surface area contributed by atoms with Gasteiger partial charge in [-0.25, -0.2) is 0 Å². The Kier molecular flexibility index (Phi) is 6.03. The van der Waals surface area contributed by atoms with E-state index in [0.717, 1.165) is 17.0 Å². The molecule has 0 atom stereocenters. The van der Waals surface area contributed by atoms with Gasteiger partial charge in [-0.05, 0) is 54.1 Å². The van der Waals surface area contributed by atoms with Gasteiger partial charge >= 0.3 is 0 Å². The van der Waals surface area contributed by atoms with E-state index in [1.165, 1.54) is 21.8 Å². The van der Waals surface area contributed by atoms with Crippen LogP contribution in [0.4, 0.5) is 0 Å². The predicted octanol–water partition coefficient (Wildman–Crippen LogP) is 6.41. The molecule has 0 spiro atoms. The number of allylic oxidation sites excluding steroid dienone is 1. The topological polar surface area (TPSA) is 39.4 Å². The van der Waals surface area contributed by atoms with Crippen molar-refractivity contribution in [1.82, 2.24) is 0 Å². The van der Waals surface area contributed by atoms with Crippen molar-refractivity contribution in [3.05, 3.63) is 118 Å². The largest absolute Gasteiger partial charge is 0.486 e. The number of para-hydroxylation sites is 1. The number of rotatable bonds is 8. The first kappa shape index (κ1) is 19.0. The van der Waals surface area contributed by atoms with Crippen LogP contribution in [-0.2, 0) is 13.0 Å². The van der Waals surface area contributed by atoms with Gasteiger partial charge in [0.2, 0.25) is 0 Å². The minimum Gasteiger partial charge on any atom is -0.486 e. The molecule has 29 heavy (non-hydrogen) atoms. The molecule has 2 aromatic carbocycles. The number of ketones is 1. The van der Waals surface area contributed by atoms with E-state index in [1.54, 1.807) is 12.2 Å². The molecule has 0 fully saturated rings. The summed E-state index contributed by atoms with van der Waals surface area (Å²) in [6.07, 6.45) is 4.09. The van der Waals surface area contributed by atoms with Crippen molar-refractivity contribution in [3.8, 4) is 5.75 Å². The molecule has 144 valence electrons. The van der Waals surface area contributed by atoms with E-state index in [0.29, 0.717) is 18.1 Å². The molecule has 0 saturated heterocycles. The average molecular weight is 400 g/mol. The summed E-state index contributed by atoms with van der Waals surface area (Å²) < 4.78 is 11.4. The van der Waals surface area contributed by atoms with Crippen LogP contribution in [0.15, 0.2) is 95.4 Å². The molecule has 0 aliphatic heterocycles. The highest BCUT2D eigenvalue weighted by Gasteiger charge is 2.08. The van der Waals surface area contributed by atoms with Crippen molar-refractivity contribution >= 4 is 23.2 Å². The maximum absolute atomic E-state index is 12.5. The van der Waals surface area contributed by atoms with Gasteiger partial charge in [0.15, 0.2) is 5.78 Å². The smallest absolute Gasteiger partial charge is 0.195 e. The van der Waals surface area contributed by atoms with Gasteiger partial charge in [0, 0.05) is 11.3 Å². The fraction of sp³-hybridized carbons (Fsp3) is 0.0800. The lowest BCUT2D eigenvalue weighted by atomic mass is 10.1. The third-order valence-corrected chi connectivity index (χ3v) is 5.43. The number of benzene rings is 2. The number of carbonyl (C=O) groups is 1. The van der Waals surface area contributed by atoms with Crippen LogP contribution in [0, 0.1) is 0 Å². The van der Waals surface area contributed by atoms with Crippen molar-refractivity contribution in [2.45, 2.75) is 13.0 Å². The molecule has 0 aliphatic rings. The van der Waals surface area contributed by atoms with Gasteiger partial charge in [0.1, 0.15) is 23.9 Å². The van der Waals surface area contributed by atoms with Crippen LogP contribution in [0.2, 0.25) is 0 Å². The van der Waals surface area contributed by atoms with E-state index in [9.17, 15) is 4.79 Å². The number of furan rings is 1. The predicted molar refractivity (Wildman–Crippen MR) is 116 cm³/mol. The highest BCUT2D eigenvalue weighted by atomic mass is 32.1. The Bertz CT molecular complexity index is 1090. The van der Waals surface area contributed by atoms with Crippen LogP contribution in [0.25, 0.3) is 6.08 Å². The lowest BCUT2D eigenvalue weighted by Gasteiger charge is -2.02. The second kappa shape index (κ2) is 9.22. The SMILES string of the molecule is O=C(/C=C/c1ccc(COc2ccccc2)o1)c1ccc(Cc2ccccc2)s1. The minimum absolute atomic E-state index is 0.0206. The first-order valence-electron chi connectivity index (χ1n) is 9.38. The molecule has 0 radical (unpaired) electrons. The van der Waals surface area contributed by atoms with Gasteiger partial charge in [-0.1, -0.05) is 48.5 Å². The molecule has 2 aromatic heterocycles. The van der Waals surface area contributed by atoms with Crippen molar-refractivity contribution in [3.63, 3.8) is 0 Å². The second-order valence-corrected chi connectivity index (χ2v) is 7.70. The molecule has 4 aromatic rings. The molecule has 3 nitrogen and oxygen atoms in total. The van der Waals surface area contributed by atoms with Crippen LogP contribution in [0.3, 0.4) is 0 Å². The summed E-state index contributed by atoms with van der Waals surface area (Å²) in [4.78, 5) is 14.4. The van der Waals surface area contributed by atoms with Gasteiger partial charge in [0.25, 0.3) is 0 Å². The monoisotopic (exact) mass is 400 g/mol. The van der Waals surface area contributed by atoms with Gasteiger partial charge < -0.3 is 9.15 Å². The van der Waals surface area contributed by atoms with Gasteiger partial charge in [-0.3, -0.25) is 4.79 Å². The lowest BCUT2D eigenvalue weighted by molar-refractivity contribution is 0.105. The van der Waals surface area contributed by atoms with E-state index in [1.807, 2.05) is 72.8 Å². The number of thiophene rings is 1. The molecule has 2 heterocycles. The Balaban J connectivity index is 1.33. The third kappa shape index (κ3) is 5.33. The van der Waals surface area contributed by atoms with Crippen molar-refractivity contribution in [1.29, 1.82) is 0 Å². The van der Waals surface area contributed by atoms with Crippen LogP contribution < -0.4 is 4.74 Å². The van der Waals surface area contributed by atoms with Crippen molar-refractivity contribution in [2.24, 2.45) is 0 Å². The van der Waals surface area contributed by atoms with Gasteiger partial charge in [-0.2, -0.15) is 0 Å². The van der Waals surface area contributed by atoms with E-state index < -0.39 is 0 Å². The van der Waals surface area contributed by atoms with E-state index in [-0.39, 0.29) is 5.78 Å². The van der Waals surface area contributed by atoms with E-state index >= 15 is 0 Å². The summed E-state index contributed by atoms with van der Waals surface area (Å²) in [5, 5.41) is 0. The molecule has 0 bridgehead atoms. The molecular formula is C25H20O3S. The first-order chi connectivity index (χ1) is 14.3. The average Bonchev–Trinajstić information content (AvgIpc) is 3.42. The summed E-state index contributed by atoms with van der Waals surface area (Å²) in [7, 11) is 0. The van der Waals surface area contributed by atoms with Crippen LogP contribution in [0.5, 0.6) is 5.75 Å². The fourth-order valence-corrected chi connectivity index (χ4v) is 3.84. The quantitative estimate of drug-likeness (QED) is 0.253. The Hall–Kier alpha value is -3.37. The summed E-state index contributed by atoms with van der Waals surface area (Å²) in [5.74, 6) is 2.11. The Morgan fingerprint density at radius 2 is 1.66 bits per heavy atom. The summed E-state index contributed by atoms with van der Waals surface area (Å²) in [6, 6.07) is 27.4. The van der Waals surface area contributed by atoms with Crippen LogP contribution in [0.1, 0.15) is 31.6 Å². The molecule has 4 rings (SSSR count).